The highest BCUT2D eigenvalue weighted by atomic mass is 35.5. The van der Waals surface area contributed by atoms with Crippen LogP contribution in [0.1, 0.15) is 21.7 Å². The highest BCUT2D eigenvalue weighted by Gasteiger charge is 2.35. The fourth-order valence-electron chi connectivity index (χ4n) is 4.20. The quantitative estimate of drug-likeness (QED) is 0.250. The number of para-hydroxylation sites is 1. The van der Waals surface area contributed by atoms with Gasteiger partial charge in [0.1, 0.15) is 18.0 Å². The lowest BCUT2D eigenvalue weighted by atomic mass is 10.0. The molecule has 1 saturated heterocycles. The van der Waals surface area contributed by atoms with E-state index in [2.05, 4.69) is 5.10 Å². The zero-order valence-corrected chi connectivity index (χ0v) is 21.9. The molecule has 0 saturated carbocycles. The molecule has 0 bridgehead atoms. The van der Waals surface area contributed by atoms with Gasteiger partial charge in [-0.05, 0) is 53.6 Å². The van der Waals surface area contributed by atoms with Crippen molar-refractivity contribution in [3.63, 3.8) is 0 Å². The Hall–Kier alpha value is -3.53. The van der Waals surface area contributed by atoms with Crippen LogP contribution in [0.4, 0.5) is 13.2 Å². The number of rotatable bonds is 6. The van der Waals surface area contributed by atoms with Crippen LogP contribution in [0, 0.1) is 0 Å². The van der Waals surface area contributed by atoms with E-state index in [9.17, 15) is 18.0 Å². The molecule has 6 nitrogen and oxygen atoms in total. The Morgan fingerprint density at radius 2 is 1.51 bits per heavy atom. The molecule has 1 aromatic heterocycles. The number of amides is 1. The van der Waals surface area contributed by atoms with Crippen LogP contribution in [0.3, 0.4) is 0 Å². The van der Waals surface area contributed by atoms with Crippen molar-refractivity contribution in [3.05, 3.63) is 99.8 Å². The second-order valence-electron chi connectivity index (χ2n) is 8.80. The Labute approximate surface area is 232 Å². The van der Waals surface area contributed by atoms with Crippen LogP contribution in [0.25, 0.3) is 16.8 Å². The molecular weight excluding hydrogens is 554 g/mol. The number of ether oxygens (including phenoxy) is 2. The lowest BCUT2D eigenvalue weighted by Gasteiger charge is -2.26. The van der Waals surface area contributed by atoms with Crippen molar-refractivity contribution >= 4 is 29.1 Å². The molecule has 39 heavy (non-hydrogen) atoms. The molecule has 5 rings (SSSR count). The van der Waals surface area contributed by atoms with Crippen LogP contribution in [-0.4, -0.2) is 46.9 Å². The number of hydrogen-bond acceptors (Lipinski definition) is 4. The maximum absolute atomic E-state index is 13.4. The molecule has 0 spiro atoms. The number of carbonyl (C=O) groups is 1. The lowest BCUT2D eigenvalue weighted by Crippen LogP contribution is -2.40. The van der Waals surface area contributed by atoms with Gasteiger partial charge in [-0.25, -0.2) is 4.68 Å². The van der Waals surface area contributed by atoms with Gasteiger partial charge in [0.15, 0.2) is 5.69 Å². The van der Waals surface area contributed by atoms with Crippen molar-refractivity contribution in [2.24, 2.45) is 0 Å². The Kier molecular flexibility index (Phi) is 7.83. The van der Waals surface area contributed by atoms with E-state index < -0.39 is 11.9 Å². The summed E-state index contributed by atoms with van der Waals surface area (Å²) in [6.45, 7) is 2.02. The van der Waals surface area contributed by atoms with Gasteiger partial charge >= 0.3 is 6.18 Å². The van der Waals surface area contributed by atoms with Gasteiger partial charge < -0.3 is 14.4 Å². The minimum Gasteiger partial charge on any atom is -0.487 e. The molecule has 11 heteroatoms. The Morgan fingerprint density at radius 3 is 2.10 bits per heavy atom. The number of nitrogens with zero attached hydrogens (tertiary/aromatic N) is 3. The zero-order chi connectivity index (χ0) is 27.6. The van der Waals surface area contributed by atoms with Crippen LogP contribution in [0.5, 0.6) is 5.75 Å². The van der Waals surface area contributed by atoms with Crippen molar-refractivity contribution in [1.82, 2.24) is 14.7 Å². The van der Waals surface area contributed by atoms with Crippen LogP contribution >= 0.6 is 23.2 Å². The topological polar surface area (TPSA) is 56.6 Å². The summed E-state index contributed by atoms with van der Waals surface area (Å²) in [7, 11) is 0. The maximum atomic E-state index is 13.4. The van der Waals surface area contributed by atoms with E-state index in [1.54, 1.807) is 35.2 Å². The highest BCUT2D eigenvalue weighted by Crippen LogP contribution is 2.34. The average Bonchev–Trinajstić information content (AvgIpc) is 3.37. The van der Waals surface area contributed by atoms with Gasteiger partial charge in [0, 0.05) is 18.7 Å². The van der Waals surface area contributed by atoms with Crippen LogP contribution in [-0.2, 0) is 17.5 Å². The van der Waals surface area contributed by atoms with E-state index in [4.69, 9.17) is 32.7 Å². The summed E-state index contributed by atoms with van der Waals surface area (Å²) in [6.07, 6.45) is -4.66. The number of alkyl halides is 3. The lowest BCUT2D eigenvalue weighted by molar-refractivity contribution is -0.141. The molecule has 0 radical (unpaired) electrons. The van der Waals surface area contributed by atoms with Crippen molar-refractivity contribution in [2.75, 3.05) is 26.3 Å². The third kappa shape index (κ3) is 6.06. The Bertz CT molecular complexity index is 1450. The third-order valence-corrected chi connectivity index (χ3v) is 6.84. The maximum Gasteiger partial charge on any atom is 0.435 e. The molecule has 0 unspecified atom stereocenters. The number of halogens is 5. The molecule has 1 fully saturated rings. The van der Waals surface area contributed by atoms with Crippen LogP contribution in [0.15, 0.2) is 72.8 Å². The summed E-state index contributed by atoms with van der Waals surface area (Å²) in [5.74, 6) is 0.420. The third-order valence-electron chi connectivity index (χ3n) is 6.23. The summed E-state index contributed by atoms with van der Waals surface area (Å²) in [4.78, 5) is 14.4. The first-order chi connectivity index (χ1) is 18.7. The fraction of sp³-hybridized carbons (Fsp3) is 0.214. The monoisotopic (exact) mass is 575 g/mol. The van der Waals surface area contributed by atoms with E-state index in [1.165, 1.54) is 12.1 Å². The van der Waals surface area contributed by atoms with Gasteiger partial charge in [0.05, 0.1) is 29.0 Å². The van der Waals surface area contributed by atoms with E-state index in [0.29, 0.717) is 37.6 Å². The molecule has 0 N–H and O–H groups in total. The van der Waals surface area contributed by atoms with E-state index in [-0.39, 0.29) is 33.9 Å². The second-order valence-corrected chi connectivity index (χ2v) is 9.61. The molecule has 1 aliphatic heterocycles. The summed E-state index contributed by atoms with van der Waals surface area (Å²) in [5, 5.41) is 4.01. The predicted octanol–water partition coefficient (Wildman–Crippen LogP) is 6.92. The molecule has 202 valence electrons. The van der Waals surface area contributed by atoms with Gasteiger partial charge in [-0.1, -0.05) is 53.5 Å². The number of carbonyl (C=O) groups excluding carboxylic acids is 1. The normalized spacial score (nSPS) is 13.9. The van der Waals surface area contributed by atoms with Gasteiger partial charge in [-0.3, -0.25) is 4.79 Å². The second kappa shape index (κ2) is 11.3. The number of morpholine rings is 1. The molecule has 4 aromatic rings. The summed E-state index contributed by atoms with van der Waals surface area (Å²) < 4.78 is 52.4. The van der Waals surface area contributed by atoms with Gasteiger partial charge in [0.25, 0.3) is 5.91 Å². The van der Waals surface area contributed by atoms with E-state index in [1.807, 2.05) is 24.3 Å². The summed E-state index contributed by atoms with van der Waals surface area (Å²) >= 11 is 12.5. The van der Waals surface area contributed by atoms with Crippen molar-refractivity contribution < 1.29 is 27.4 Å². The smallest absolute Gasteiger partial charge is 0.435 e. The van der Waals surface area contributed by atoms with Gasteiger partial charge in [-0.2, -0.15) is 18.3 Å². The Morgan fingerprint density at radius 1 is 0.923 bits per heavy atom. The molecule has 3 aromatic carbocycles. The van der Waals surface area contributed by atoms with Crippen molar-refractivity contribution in [1.29, 1.82) is 0 Å². The summed E-state index contributed by atoms with van der Waals surface area (Å²) in [6, 6.07) is 20.0. The standard InChI is InChI=1S/C28H22Cl2F3N3O3/c29-23-2-1-3-24(30)26(23)36-21(16-25(34-36)28(31,32)33)17-39-22-10-8-19(9-11-22)18-4-6-20(7-5-18)27(37)35-12-14-38-15-13-35/h1-11,16H,12-15,17H2. The fourth-order valence-corrected chi connectivity index (χ4v) is 4.76. The summed E-state index contributed by atoms with van der Waals surface area (Å²) in [5.41, 5.74) is 1.58. The molecule has 0 atom stereocenters. The SMILES string of the molecule is O=C(c1ccc(-c2ccc(OCc3cc(C(F)(F)F)nn3-c3c(Cl)cccc3Cl)cc2)cc1)N1CCOCC1. The van der Waals surface area contributed by atoms with Crippen LogP contribution in [0.2, 0.25) is 10.0 Å². The van der Waals surface area contributed by atoms with Gasteiger partial charge in [0.2, 0.25) is 0 Å². The zero-order valence-electron chi connectivity index (χ0n) is 20.4. The minimum atomic E-state index is -4.66. The number of benzene rings is 3. The van der Waals surface area contributed by atoms with Crippen molar-refractivity contribution in [3.8, 4) is 22.6 Å². The molecule has 1 aliphatic rings. The first kappa shape index (κ1) is 27.1. The van der Waals surface area contributed by atoms with Gasteiger partial charge in [-0.15, -0.1) is 0 Å². The minimum absolute atomic E-state index is 0.0282. The first-order valence-electron chi connectivity index (χ1n) is 12.0. The van der Waals surface area contributed by atoms with Crippen molar-refractivity contribution in [2.45, 2.75) is 12.8 Å². The van der Waals surface area contributed by atoms with Crippen LogP contribution < -0.4 is 4.74 Å². The molecule has 1 amide bonds. The number of aromatic nitrogens is 2. The highest BCUT2D eigenvalue weighted by molar-refractivity contribution is 6.37. The molecular formula is C28H22Cl2F3N3O3. The average molecular weight is 576 g/mol. The molecule has 2 heterocycles. The largest absolute Gasteiger partial charge is 0.487 e. The predicted molar refractivity (Wildman–Crippen MR) is 142 cm³/mol. The Balaban J connectivity index is 1.30. The number of hydrogen-bond donors (Lipinski definition) is 0. The van der Waals surface area contributed by atoms with E-state index in [0.717, 1.165) is 21.9 Å². The first-order valence-corrected chi connectivity index (χ1v) is 12.8. The van der Waals surface area contributed by atoms with E-state index >= 15 is 0 Å². The molecule has 0 aliphatic carbocycles.